The summed E-state index contributed by atoms with van der Waals surface area (Å²) >= 11 is 0. The second kappa shape index (κ2) is 4.99. The van der Waals surface area contributed by atoms with Gasteiger partial charge in [0.15, 0.2) is 0 Å². The molecule has 0 saturated carbocycles. The number of nitrogens with one attached hydrogen (secondary N) is 2. The zero-order valence-electron chi connectivity index (χ0n) is 13.8. The number of rotatable bonds is 2. The fourth-order valence-corrected chi connectivity index (χ4v) is 4.54. The van der Waals surface area contributed by atoms with Crippen molar-refractivity contribution in [1.82, 2.24) is 10.6 Å². The van der Waals surface area contributed by atoms with Gasteiger partial charge in [-0.05, 0) is 76.6 Å². The fraction of sp³-hybridized carbons (Fsp3) is 0.667. The first-order valence-electron chi connectivity index (χ1n) is 8.18. The summed E-state index contributed by atoms with van der Waals surface area (Å²) in [7, 11) is 0. The maximum atomic E-state index is 5.90. The van der Waals surface area contributed by atoms with Crippen LogP contribution in [0, 0.1) is 0 Å². The zero-order chi connectivity index (χ0) is 15.3. The van der Waals surface area contributed by atoms with Crippen LogP contribution in [0.5, 0.6) is 0 Å². The van der Waals surface area contributed by atoms with Crippen LogP contribution in [-0.4, -0.2) is 17.1 Å². The molecule has 0 aromatic heterocycles. The lowest BCUT2D eigenvalue weighted by Gasteiger charge is -2.47. The zero-order valence-corrected chi connectivity index (χ0v) is 13.8. The molecule has 1 unspecified atom stereocenters. The van der Waals surface area contributed by atoms with E-state index < -0.39 is 0 Å². The van der Waals surface area contributed by atoms with Crippen LogP contribution in [0.2, 0.25) is 0 Å². The Morgan fingerprint density at radius 3 is 2.48 bits per heavy atom. The van der Waals surface area contributed by atoms with Crippen molar-refractivity contribution in [2.24, 2.45) is 0 Å². The third-order valence-corrected chi connectivity index (χ3v) is 4.87. The van der Waals surface area contributed by atoms with Gasteiger partial charge in [-0.2, -0.15) is 0 Å². The molecular weight excluding hydrogens is 258 g/mol. The molecule has 1 aliphatic heterocycles. The Balaban J connectivity index is 1.74. The van der Waals surface area contributed by atoms with Crippen molar-refractivity contribution in [3.05, 3.63) is 29.3 Å². The van der Waals surface area contributed by atoms with E-state index in [-0.39, 0.29) is 11.1 Å². The van der Waals surface area contributed by atoms with Crippen molar-refractivity contribution in [2.75, 3.05) is 5.73 Å². The molecule has 0 radical (unpaired) electrons. The standard InChI is InChI=1S/C18H29N3/c1-17(2)10-14(11-18(3,4)21-17)20-16-8-5-12-9-13(19)6-7-15(12)16/h6-7,9,14,16,20-21H,5,8,10-11,19H2,1-4H3. The predicted octanol–water partition coefficient (Wildman–Crippen LogP) is 3.15. The van der Waals surface area contributed by atoms with E-state index in [9.17, 15) is 0 Å². The first kappa shape index (κ1) is 14.9. The first-order valence-corrected chi connectivity index (χ1v) is 8.18. The maximum absolute atomic E-state index is 5.90. The minimum absolute atomic E-state index is 0.196. The quantitative estimate of drug-likeness (QED) is 0.732. The maximum Gasteiger partial charge on any atom is 0.0328 e. The fourth-order valence-electron chi connectivity index (χ4n) is 4.54. The molecule has 1 atom stereocenters. The molecule has 1 heterocycles. The van der Waals surface area contributed by atoms with Crippen molar-refractivity contribution < 1.29 is 0 Å². The van der Waals surface area contributed by atoms with Crippen molar-refractivity contribution in [2.45, 2.75) is 76.5 Å². The summed E-state index contributed by atoms with van der Waals surface area (Å²) in [4.78, 5) is 0. The highest BCUT2D eigenvalue weighted by Crippen LogP contribution is 2.35. The average molecular weight is 287 g/mol. The van der Waals surface area contributed by atoms with Gasteiger partial charge in [0, 0.05) is 28.8 Å². The highest BCUT2D eigenvalue weighted by Gasteiger charge is 2.38. The summed E-state index contributed by atoms with van der Waals surface area (Å²) in [5.74, 6) is 0. The number of nitrogens with two attached hydrogens (primary N) is 1. The number of nitrogen functional groups attached to an aromatic ring is 1. The molecule has 3 rings (SSSR count). The molecule has 1 aromatic rings. The molecule has 1 aliphatic carbocycles. The highest BCUT2D eigenvalue weighted by atomic mass is 15.1. The summed E-state index contributed by atoms with van der Waals surface area (Å²) in [5, 5.41) is 7.68. The minimum atomic E-state index is 0.196. The third kappa shape index (κ3) is 3.24. The summed E-state index contributed by atoms with van der Waals surface area (Å²) in [6.07, 6.45) is 4.70. The monoisotopic (exact) mass is 287 g/mol. The Labute approximate surface area is 128 Å². The van der Waals surface area contributed by atoms with Gasteiger partial charge < -0.3 is 16.4 Å². The molecule has 1 saturated heterocycles. The molecule has 21 heavy (non-hydrogen) atoms. The van der Waals surface area contributed by atoms with E-state index in [2.05, 4.69) is 50.5 Å². The molecule has 1 fully saturated rings. The van der Waals surface area contributed by atoms with E-state index in [4.69, 9.17) is 5.73 Å². The molecule has 3 heteroatoms. The van der Waals surface area contributed by atoms with Crippen LogP contribution < -0.4 is 16.4 Å². The van der Waals surface area contributed by atoms with E-state index in [0.29, 0.717) is 12.1 Å². The second-order valence-corrected chi connectivity index (χ2v) is 8.21. The lowest BCUT2D eigenvalue weighted by molar-refractivity contribution is 0.139. The van der Waals surface area contributed by atoms with Gasteiger partial charge in [-0.3, -0.25) is 0 Å². The SMILES string of the molecule is CC1(C)CC(NC2CCc3cc(N)ccc32)CC(C)(C)N1. The van der Waals surface area contributed by atoms with Crippen LogP contribution in [-0.2, 0) is 6.42 Å². The van der Waals surface area contributed by atoms with Gasteiger partial charge in [-0.1, -0.05) is 6.07 Å². The van der Waals surface area contributed by atoms with E-state index in [1.165, 1.54) is 30.4 Å². The van der Waals surface area contributed by atoms with Gasteiger partial charge in [-0.25, -0.2) is 0 Å². The average Bonchev–Trinajstić information content (AvgIpc) is 2.67. The predicted molar refractivity (Wildman–Crippen MR) is 89.4 cm³/mol. The largest absolute Gasteiger partial charge is 0.399 e. The molecule has 0 spiro atoms. The lowest BCUT2D eigenvalue weighted by Crippen LogP contribution is -2.61. The van der Waals surface area contributed by atoms with Crippen molar-refractivity contribution in [3.63, 3.8) is 0 Å². The topological polar surface area (TPSA) is 50.1 Å². The number of anilines is 1. The molecule has 3 nitrogen and oxygen atoms in total. The van der Waals surface area contributed by atoms with Crippen LogP contribution in [0.25, 0.3) is 0 Å². The van der Waals surface area contributed by atoms with Crippen LogP contribution in [0.15, 0.2) is 18.2 Å². The van der Waals surface area contributed by atoms with Crippen molar-refractivity contribution in [1.29, 1.82) is 0 Å². The third-order valence-electron chi connectivity index (χ3n) is 4.87. The molecule has 0 bridgehead atoms. The van der Waals surface area contributed by atoms with Gasteiger partial charge in [-0.15, -0.1) is 0 Å². The lowest BCUT2D eigenvalue weighted by atomic mass is 9.79. The van der Waals surface area contributed by atoms with Crippen LogP contribution in [0.3, 0.4) is 0 Å². The Kier molecular flexibility index (Phi) is 3.53. The Morgan fingerprint density at radius 1 is 1.14 bits per heavy atom. The Bertz CT molecular complexity index is 517. The molecule has 116 valence electrons. The Hall–Kier alpha value is -1.06. The number of piperidine rings is 1. The van der Waals surface area contributed by atoms with Gasteiger partial charge in [0.2, 0.25) is 0 Å². The van der Waals surface area contributed by atoms with Gasteiger partial charge >= 0.3 is 0 Å². The van der Waals surface area contributed by atoms with Crippen molar-refractivity contribution >= 4 is 5.69 Å². The number of hydrogen-bond donors (Lipinski definition) is 3. The van der Waals surface area contributed by atoms with Crippen LogP contribution in [0.1, 0.15) is 64.1 Å². The summed E-state index contributed by atoms with van der Waals surface area (Å²) in [6.45, 7) is 9.25. The van der Waals surface area contributed by atoms with Crippen LogP contribution in [0.4, 0.5) is 5.69 Å². The van der Waals surface area contributed by atoms with E-state index in [1.54, 1.807) is 0 Å². The van der Waals surface area contributed by atoms with Crippen LogP contribution >= 0.6 is 0 Å². The van der Waals surface area contributed by atoms with E-state index in [1.807, 2.05) is 6.07 Å². The normalized spacial score (nSPS) is 27.5. The van der Waals surface area contributed by atoms with Crippen molar-refractivity contribution in [3.8, 4) is 0 Å². The smallest absolute Gasteiger partial charge is 0.0328 e. The summed E-state index contributed by atoms with van der Waals surface area (Å²) < 4.78 is 0. The molecule has 2 aliphatic rings. The van der Waals surface area contributed by atoms with Gasteiger partial charge in [0.1, 0.15) is 0 Å². The minimum Gasteiger partial charge on any atom is -0.399 e. The van der Waals surface area contributed by atoms with Gasteiger partial charge in [0.05, 0.1) is 0 Å². The molecular formula is C18H29N3. The Morgan fingerprint density at radius 2 is 1.81 bits per heavy atom. The van der Waals surface area contributed by atoms with E-state index >= 15 is 0 Å². The molecule has 1 aromatic carbocycles. The summed E-state index contributed by atoms with van der Waals surface area (Å²) in [6, 6.07) is 7.47. The number of hydrogen-bond acceptors (Lipinski definition) is 3. The number of fused-ring (bicyclic) bond motifs is 1. The number of benzene rings is 1. The van der Waals surface area contributed by atoms with Gasteiger partial charge in [0.25, 0.3) is 0 Å². The molecule has 0 amide bonds. The highest BCUT2D eigenvalue weighted by molar-refractivity contribution is 5.47. The number of aryl methyl sites for hydroxylation is 1. The summed E-state index contributed by atoms with van der Waals surface area (Å²) in [5.41, 5.74) is 10.1. The second-order valence-electron chi connectivity index (χ2n) is 8.21. The van der Waals surface area contributed by atoms with E-state index in [0.717, 1.165) is 12.1 Å². The molecule has 4 N–H and O–H groups in total. The first-order chi connectivity index (χ1) is 9.74.